The van der Waals surface area contributed by atoms with Gasteiger partial charge in [0.2, 0.25) is 0 Å². The number of nitrogens with one attached hydrogen (secondary N) is 1. The SMILES string of the molecule is COC(=O)C(Nc1nc(C2CC2)nc(N)c1C)C(C)C. The second kappa shape index (κ2) is 5.64. The third-order valence-corrected chi connectivity index (χ3v) is 3.56. The van der Waals surface area contributed by atoms with Gasteiger partial charge in [-0.15, -0.1) is 0 Å². The van der Waals surface area contributed by atoms with Crippen LogP contribution in [0.25, 0.3) is 0 Å². The van der Waals surface area contributed by atoms with Crippen LogP contribution in [0.4, 0.5) is 11.6 Å². The number of esters is 1. The first-order chi connectivity index (χ1) is 9.43. The van der Waals surface area contributed by atoms with E-state index in [0.717, 1.165) is 24.2 Å². The number of hydrogen-bond acceptors (Lipinski definition) is 6. The summed E-state index contributed by atoms with van der Waals surface area (Å²) >= 11 is 0. The Labute approximate surface area is 119 Å². The van der Waals surface area contributed by atoms with E-state index in [1.165, 1.54) is 7.11 Å². The summed E-state index contributed by atoms with van der Waals surface area (Å²) in [7, 11) is 1.39. The Morgan fingerprint density at radius 3 is 2.55 bits per heavy atom. The van der Waals surface area contributed by atoms with Gasteiger partial charge in [0, 0.05) is 11.5 Å². The fraction of sp³-hybridized carbons (Fsp3) is 0.643. The summed E-state index contributed by atoms with van der Waals surface area (Å²) in [6.45, 7) is 5.76. The molecule has 1 aliphatic rings. The van der Waals surface area contributed by atoms with Crippen molar-refractivity contribution in [1.29, 1.82) is 0 Å². The standard InChI is InChI=1S/C14H22N4O2/c1-7(2)10(14(19)20-4)16-12-8(3)11(15)17-13(18-12)9-5-6-9/h7,9-10H,5-6H2,1-4H3,(H3,15,16,17,18). The molecule has 2 rings (SSSR count). The van der Waals surface area contributed by atoms with Gasteiger partial charge in [-0.25, -0.2) is 14.8 Å². The molecular weight excluding hydrogens is 256 g/mol. The molecule has 0 radical (unpaired) electrons. The van der Waals surface area contributed by atoms with Crippen LogP contribution in [0, 0.1) is 12.8 Å². The Kier molecular flexibility index (Phi) is 4.11. The zero-order valence-corrected chi connectivity index (χ0v) is 12.4. The van der Waals surface area contributed by atoms with Crippen molar-refractivity contribution in [3.63, 3.8) is 0 Å². The van der Waals surface area contributed by atoms with Gasteiger partial charge >= 0.3 is 5.97 Å². The number of methoxy groups -OCH3 is 1. The maximum absolute atomic E-state index is 11.8. The number of hydrogen-bond donors (Lipinski definition) is 2. The molecule has 3 N–H and O–H groups in total. The van der Waals surface area contributed by atoms with Gasteiger partial charge in [0.25, 0.3) is 0 Å². The van der Waals surface area contributed by atoms with E-state index in [4.69, 9.17) is 10.5 Å². The number of carbonyl (C=O) groups is 1. The molecule has 0 saturated heterocycles. The van der Waals surface area contributed by atoms with E-state index in [-0.39, 0.29) is 11.9 Å². The molecule has 1 fully saturated rings. The molecule has 1 aromatic rings. The van der Waals surface area contributed by atoms with Crippen molar-refractivity contribution < 1.29 is 9.53 Å². The van der Waals surface area contributed by atoms with Crippen LogP contribution in [0.5, 0.6) is 0 Å². The highest BCUT2D eigenvalue weighted by Crippen LogP contribution is 2.39. The summed E-state index contributed by atoms with van der Waals surface area (Å²) in [5.41, 5.74) is 6.71. The van der Waals surface area contributed by atoms with E-state index in [1.807, 2.05) is 20.8 Å². The van der Waals surface area contributed by atoms with Crippen molar-refractivity contribution in [2.45, 2.75) is 45.6 Å². The molecule has 0 amide bonds. The Morgan fingerprint density at radius 1 is 1.40 bits per heavy atom. The topological polar surface area (TPSA) is 90.1 Å². The predicted octanol–water partition coefficient (Wildman–Crippen LogP) is 1.85. The lowest BCUT2D eigenvalue weighted by Gasteiger charge is -2.22. The summed E-state index contributed by atoms with van der Waals surface area (Å²) in [5, 5.41) is 3.16. The minimum Gasteiger partial charge on any atom is -0.467 e. The molecule has 110 valence electrons. The minimum absolute atomic E-state index is 0.0856. The van der Waals surface area contributed by atoms with Gasteiger partial charge in [-0.2, -0.15) is 0 Å². The molecule has 6 nitrogen and oxygen atoms in total. The number of nitrogens with two attached hydrogens (primary N) is 1. The average molecular weight is 278 g/mol. The van der Waals surface area contributed by atoms with Crippen molar-refractivity contribution in [3.05, 3.63) is 11.4 Å². The zero-order chi connectivity index (χ0) is 14.9. The lowest BCUT2D eigenvalue weighted by molar-refractivity contribution is -0.142. The predicted molar refractivity (Wildman–Crippen MR) is 77.4 cm³/mol. The van der Waals surface area contributed by atoms with Gasteiger partial charge in [0.1, 0.15) is 23.5 Å². The fourth-order valence-electron chi connectivity index (χ4n) is 1.99. The normalized spacial score (nSPS) is 16.1. The number of aromatic nitrogens is 2. The summed E-state index contributed by atoms with van der Waals surface area (Å²) in [6.07, 6.45) is 2.21. The van der Waals surface area contributed by atoms with Crippen LogP contribution >= 0.6 is 0 Å². The van der Waals surface area contributed by atoms with Gasteiger partial charge in [0.15, 0.2) is 0 Å². The largest absolute Gasteiger partial charge is 0.467 e. The molecule has 0 bridgehead atoms. The molecular formula is C14H22N4O2. The Bertz CT molecular complexity index is 512. The number of anilines is 2. The lowest BCUT2D eigenvalue weighted by atomic mass is 10.0. The first-order valence-electron chi connectivity index (χ1n) is 6.92. The summed E-state index contributed by atoms with van der Waals surface area (Å²) in [6, 6.07) is -0.444. The maximum atomic E-state index is 11.8. The second-order valence-electron chi connectivity index (χ2n) is 5.60. The van der Waals surface area contributed by atoms with Crippen LogP contribution in [0.2, 0.25) is 0 Å². The van der Waals surface area contributed by atoms with Gasteiger partial charge < -0.3 is 15.8 Å². The van der Waals surface area contributed by atoms with Crippen molar-refractivity contribution >= 4 is 17.6 Å². The molecule has 0 spiro atoms. The maximum Gasteiger partial charge on any atom is 0.328 e. The minimum atomic E-state index is -0.444. The van der Waals surface area contributed by atoms with Crippen LogP contribution in [0.1, 0.15) is 44.0 Å². The first kappa shape index (κ1) is 14.6. The molecule has 1 aliphatic carbocycles. The number of ether oxygens (including phenoxy) is 1. The highest BCUT2D eigenvalue weighted by atomic mass is 16.5. The average Bonchev–Trinajstić information content (AvgIpc) is 3.23. The van der Waals surface area contributed by atoms with Gasteiger partial charge in [-0.3, -0.25) is 0 Å². The first-order valence-corrected chi connectivity index (χ1v) is 6.92. The number of nitrogens with zero attached hydrogens (tertiary/aromatic N) is 2. The van der Waals surface area contributed by atoms with E-state index in [9.17, 15) is 4.79 Å². The van der Waals surface area contributed by atoms with Crippen molar-refractivity contribution in [2.24, 2.45) is 5.92 Å². The van der Waals surface area contributed by atoms with Crippen molar-refractivity contribution in [1.82, 2.24) is 9.97 Å². The molecule has 1 atom stereocenters. The van der Waals surface area contributed by atoms with Crippen LogP contribution in [0.3, 0.4) is 0 Å². The third kappa shape index (κ3) is 3.00. The molecule has 6 heteroatoms. The lowest BCUT2D eigenvalue weighted by Crippen LogP contribution is -2.36. The van der Waals surface area contributed by atoms with Crippen LogP contribution in [-0.2, 0) is 9.53 Å². The fourth-order valence-corrected chi connectivity index (χ4v) is 1.99. The Hall–Kier alpha value is -1.85. The quantitative estimate of drug-likeness (QED) is 0.799. The molecule has 0 aliphatic heterocycles. The number of nitrogen functional groups attached to an aromatic ring is 1. The number of rotatable bonds is 5. The molecule has 1 heterocycles. The monoisotopic (exact) mass is 278 g/mol. The summed E-state index contributed by atoms with van der Waals surface area (Å²) in [4.78, 5) is 20.7. The second-order valence-corrected chi connectivity index (χ2v) is 5.60. The van der Waals surface area contributed by atoms with E-state index < -0.39 is 6.04 Å². The van der Waals surface area contributed by atoms with Crippen LogP contribution < -0.4 is 11.1 Å². The van der Waals surface area contributed by atoms with E-state index in [0.29, 0.717) is 17.6 Å². The summed E-state index contributed by atoms with van der Waals surface area (Å²) < 4.78 is 4.83. The van der Waals surface area contributed by atoms with Crippen molar-refractivity contribution in [2.75, 3.05) is 18.2 Å². The van der Waals surface area contributed by atoms with Crippen LogP contribution in [-0.4, -0.2) is 29.1 Å². The smallest absolute Gasteiger partial charge is 0.328 e. The zero-order valence-electron chi connectivity index (χ0n) is 12.4. The van der Waals surface area contributed by atoms with Gasteiger partial charge in [0.05, 0.1) is 7.11 Å². The van der Waals surface area contributed by atoms with Gasteiger partial charge in [-0.1, -0.05) is 13.8 Å². The van der Waals surface area contributed by atoms with Crippen LogP contribution in [0.15, 0.2) is 0 Å². The molecule has 1 aromatic heterocycles. The van der Waals surface area contributed by atoms with Gasteiger partial charge in [-0.05, 0) is 25.7 Å². The van der Waals surface area contributed by atoms with E-state index in [2.05, 4.69) is 15.3 Å². The molecule has 1 unspecified atom stereocenters. The van der Waals surface area contributed by atoms with E-state index in [1.54, 1.807) is 0 Å². The Balaban J connectivity index is 2.28. The highest BCUT2D eigenvalue weighted by molar-refractivity contribution is 5.79. The molecule has 20 heavy (non-hydrogen) atoms. The third-order valence-electron chi connectivity index (χ3n) is 3.56. The molecule has 1 saturated carbocycles. The summed E-state index contributed by atoms with van der Waals surface area (Å²) in [5.74, 6) is 2.06. The van der Waals surface area contributed by atoms with Crippen molar-refractivity contribution in [3.8, 4) is 0 Å². The number of carbonyl (C=O) groups excluding carboxylic acids is 1. The highest BCUT2D eigenvalue weighted by Gasteiger charge is 2.29. The Morgan fingerprint density at radius 2 is 2.05 bits per heavy atom. The molecule has 0 aromatic carbocycles. The van der Waals surface area contributed by atoms with E-state index >= 15 is 0 Å².